The second-order valence-electron chi connectivity index (χ2n) is 6.14. The van der Waals surface area contributed by atoms with E-state index in [1.165, 1.54) is 0 Å². The zero-order valence-corrected chi connectivity index (χ0v) is 16.2. The summed E-state index contributed by atoms with van der Waals surface area (Å²) in [5.41, 5.74) is 1.11. The van der Waals surface area contributed by atoms with Crippen LogP contribution < -0.4 is 10.9 Å². The molecule has 2 aromatic carbocycles. The summed E-state index contributed by atoms with van der Waals surface area (Å²) in [5.74, 6) is 0.360. The van der Waals surface area contributed by atoms with Gasteiger partial charge in [-0.05, 0) is 30.5 Å². The van der Waals surface area contributed by atoms with Crippen LogP contribution in [0.4, 0.5) is 5.82 Å². The van der Waals surface area contributed by atoms with E-state index >= 15 is 0 Å². The Labute approximate surface area is 165 Å². The molecule has 0 saturated carbocycles. The highest BCUT2D eigenvalue weighted by Crippen LogP contribution is 2.29. The fourth-order valence-corrected chi connectivity index (χ4v) is 3.34. The molecule has 2 aromatic heterocycles. The van der Waals surface area contributed by atoms with Gasteiger partial charge in [-0.3, -0.25) is 4.79 Å². The Morgan fingerprint density at radius 2 is 1.86 bits per heavy atom. The quantitative estimate of drug-likeness (QED) is 0.314. The van der Waals surface area contributed by atoms with Crippen LogP contribution in [0.2, 0.25) is 0 Å². The van der Waals surface area contributed by atoms with Crippen molar-refractivity contribution in [2.24, 2.45) is 0 Å². The molecule has 0 fully saturated rings. The topological polar surface area (TPSA) is 85.1 Å². The molecule has 0 saturated heterocycles. The number of hydrogen-bond acceptors (Lipinski definition) is 6. The molecule has 140 valence electrons. The van der Waals surface area contributed by atoms with Crippen molar-refractivity contribution in [3.05, 3.63) is 59.0 Å². The Morgan fingerprint density at radius 3 is 2.57 bits per heavy atom. The summed E-state index contributed by atoms with van der Waals surface area (Å²) in [5, 5.41) is 3.58. The Kier molecular flexibility index (Phi) is 4.83. The Bertz CT molecular complexity index is 1250. The minimum absolute atomic E-state index is 0.167. The maximum Gasteiger partial charge on any atom is 0.349 e. The van der Waals surface area contributed by atoms with Crippen LogP contribution in [0.1, 0.15) is 13.3 Å². The number of nitrogens with zero attached hydrogens (tertiary/aromatic N) is 2. The normalized spacial score (nSPS) is 11.1. The molecule has 2 heterocycles. The maximum absolute atomic E-state index is 12.6. The lowest BCUT2D eigenvalue weighted by atomic mass is 10.1. The number of rotatable bonds is 4. The second-order valence-corrected chi connectivity index (χ2v) is 7.01. The molecule has 6 nitrogen and oxygen atoms in total. The van der Waals surface area contributed by atoms with Crippen molar-refractivity contribution in [2.45, 2.75) is 18.2 Å². The van der Waals surface area contributed by atoms with E-state index in [0.717, 1.165) is 10.5 Å². The summed E-state index contributed by atoms with van der Waals surface area (Å²) < 4.78 is 5.42. The van der Waals surface area contributed by atoms with E-state index in [-0.39, 0.29) is 23.5 Å². The van der Waals surface area contributed by atoms with Gasteiger partial charge in [0.2, 0.25) is 5.91 Å². The number of para-hydroxylation sites is 1. The van der Waals surface area contributed by atoms with Gasteiger partial charge in [-0.2, -0.15) is 0 Å². The van der Waals surface area contributed by atoms with E-state index in [1.807, 2.05) is 42.7 Å². The molecule has 1 N–H and O–H groups in total. The molecule has 7 heteroatoms. The first-order valence-corrected chi connectivity index (χ1v) is 10.0. The van der Waals surface area contributed by atoms with E-state index in [9.17, 15) is 9.59 Å². The summed E-state index contributed by atoms with van der Waals surface area (Å²) in [6.45, 7) is 1.73. The predicted molar refractivity (Wildman–Crippen MR) is 112 cm³/mol. The Morgan fingerprint density at radius 1 is 1.11 bits per heavy atom. The Balaban J connectivity index is 2.04. The molecule has 0 atom stereocenters. The number of anilines is 1. The van der Waals surface area contributed by atoms with Crippen molar-refractivity contribution in [1.82, 2.24) is 9.97 Å². The molecular weight excluding hydrogens is 374 g/mol. The second kappa shape index (κ2) is 7.44. The molecule has 0 aliphatic rings. The SMILES string of the molecule is CCC(=O)Nc1nc(-c2ccc(SC)cc2)nc2c1c(=O)oc1ccccc12. The van der Waals surface area contributed by atoms with E-state index in [2.05, 4.69) is 15.3 Å². The minimum atomic E-state index is -0.579. The van der Waals surface area contributed by atoms with Crippen molar-refractivity contribution in [3.63, 3.8) is 0 Å². The predicted octanol–water partition coefficient (Wildman–Crippen LogP) is 4.47. The first-order chi connectivity index (χ1) is 13.6. The monoisotopic (exact) mass is 391 g/mol. The molecule has 4 aromatic rings. The lowest BCUT2D eigenvalue weighted by Gasteiger charge is -2.10. The van der Waals surface area contributed by atoms with E-state index < -0.39 is 5.63 Å². The number of fused-ring (bicyclic) bond motifs is 3. The maximum atomic E-state index is 12.6. The third-order valence-electron chi connectivity index (χ3n) is 4.39. The molecule has 0 bridgehead atoms. The van der Waals surface area contributed by atoms with Crippen LogP contribution in [0.3, 0.4) is 0 Å². The largest absolute Gasteiger partial charge is 0.422 e. The van der Waals surface area contributed by atoms with Crippen molar-refractivity contribution < 1.29 is 9.21 Å². The third kappa shape index (κ3) is 3.25. The van der Waals surface area contributed by atoms with E-state index in [1.54, 1.807) is 30.8 Å². The van der Waals surface area contributed by atoms with Gasteiger partial charge in [0.15, 0.2) is 11.6 Å². The number of benzene rings is 2. The smallest absolute Gasteiger partial charge is 0.349 e. The van der Waals surface area contributed by atoms with Crippen molar-refractivity contribution >= 4 is 45.4 Å². The molecule has 0 aliphatic heterocycles. The summed E-state index contributed by atoms with van der Waals surface area (Å²) >= 11 is 1.64. The van der Waals surface area contributed by atoms with Gasteiger partial charge in [-0.15, -0.1) is 11.8 Å². The molecule has 0 aliphatic carbocycles. The standard InChI is InChI=1S/C21H17N3O3S/c1-3-16(25)22-20-17-18(14-6-4-5-7-15(14)27-21(17)26)23-19(24-20)12-8-10-13(28-2)11-9-12/h4-11H,3H2,1-2H3,(H,22,23,24,25). The summed E-state index contributed by atoms with van der Waals surface area (Å²) in [6.07, 6.45) is 2.27. The third-order valence-corrected chi connectivity index (χ3v) is 5.13. The highest BCUT2D eigenvalue weighted by molar-refractivity contribution is 7.98. The van der Waals surface area contributed by atoms with Crippen LogP contribution in [0, 0.1) is 0 Å². The van der Waals surface area contributed by atoms with Gasteiger partial charge in [-0.25, -0.2) is 14.8 Å². The Hall–Kier alpha value is -3.19. The summed E-state index contributed by atoms with van der Waals surface area (Å²) in [7, 11) is 0. The lowest BCUT2D eigenvalue weighted by Crippen LogP contribution is -2.15. The van der Waals surface area contributed by atoms with Gasteiger partial charge in [-0.1, -0.05) is 31.2 Å². The number of carbonyl (C=O) groups is 1. The van der Waals surface area contributed by atoms with Crippen LogP contribution in [0.25, 0.3) is 33.3 Å². The van der Waals surface area contributed by atoms with Gasteiger partial charge >= 0.3 is 5.63 Å². The van der Waals surface area contributed by atoms with Crippen molar-refractivity contribution in [2.75, 3.05) is 11.6 Å². The number of aromatic nitrogens is 2. The fourth-order valence-electron chi connectivity index (χ4n) is 2.93. The zero-order chi connectivity index (χ0) is 19.7. The van der Waals surface area contributed by atoms with Gasteiger partial charge in [0, 0.05) is 22.3 Å². The van der Waals surface area contributed by atoms with E-state index in [4.69, 9.17) is 4.42 Å². The van der Waals surface area contributed by atoms with Crippen molar-refractivity contribution in [1.29, 1.82) is 0 Å². The summed E-state index contributed by atoms with van der Waals surface area (Å²) in [6, 6.07) is 15.0. The van der Waals surface area contributed by atoms with Crippen molar-refractivity contribution in [3.8, 4) is 11.4 Å². The first kappa shape index (κ1) is 18.2. The highest BCUT2D eigenvalue weighted by Gasteiger charge is 2.18. The fraction of sp³-hybridized carbons (Fsp3) is 0.143. The molecule has 1 amide bonds. The average Bonchev–Trinajstić information content (AvgIpc) is 2.73. The zero-order valence-electron chi connectivity index (χ0n) is 15.4. The van der Waals surface area contributed by atoms with Crippen LogP contribution in [-0.4, -0.2) is 22.1 Å². The van der Waals surface area contributed by atoms with Gasteiger partial charge in [0.1, 0.15) is 11.0 Å². The molecule has 0 spiro atoms. The lowest BCUT2D eigenvalue weighted by molar-refractivity contribution is -0.115. The van der Waals surface area contributed by atoms with Crippen LogP contribution in [0.15, 0.2) is 62.6 Å². The van der Waals surface area contributed by atoms with Gasteiger partial charge < -0.3 is 9.73 Å². The van der Waals surface area contributed by atoms with Crippen LogP contribution in [-0.2, 0) is 4.79 Å². The van der Waals surface area contributed by atoms with E-state index in [0.29, 0.717) is 22.3 Å². The number of nitrogens with one attached hydrogen (secondary N) is 1. The number of thioether (sulfide) groups is 1. The number of carbonyl (C=O) groups excluding carboxylic acids is 1. The molecular formula is C21H17N3O3S. The molecule has 28 heavy (non-hydrogen) atoms. The highest BCUT2D eigenvalue weighted by atomic mass is 32.2. The average molecular weight is 391 g/mol. The molecule has 4 rings (SSSR count). The van der Waals surface area contributed by atoms with Gasteiger partial charge in [0.05, 0.1) is 5.52 Å². The summed E-state index contributed by atoms with van der Waals surface area (Å²) in [4.78, 5) is 34.9. The molecule has 0 unspecified atom stereocenters. The molecule has 0 radical (unpaired) electrons. The number of amides is 1. The van der Waals surface area contributed by atoms with Crippen LogP contribution in [0.5, 0.6) is 0 Å². The minimum Gasteiger partial charge on any atom is -0.422 e. The van der Waals surface area contributed by atoms with Crippen LogP contribution >= 0.6 is 11.8 Å². The van der Waals surface area contributed by atoms with Gasteiger partial charge in [0.25, 0.3) is 0 Å². The first-order valence-electron chi connectivity index (χ1n) is 8.78. The number of hydrogen-bond donors (Lipinski definition) is 1.